The summed E-state index contributed by atoms with van der Waals surface area (Å²) in [5.74, 6) is 2.48. The third-order valence-corrected chi connectivity index (χ3v) is 6.11. The monoisotopic (exact) mass is 442 g/mol. The molecule has 0 atom stereocenters. The Bertz CT molecular complexity index is 1230. The van der Waals surface area contributed by atoms with Gasteiger partial charge in [0.05, 0.1) is 6.10 Å². The largest absolute Gasteiger partial charge is 0.490 e. The van der Waals surface area contributed by atoms with Crippen molar-refractivity contribution in [1.29, 1.82) is 0 Å². The number of nitrogens with zero attached hydrogens (tertiary/aromatic N) is 4. The smallest absolute Gasteiger partial charge is 0.322 e. The highest BCUT2D eigenvalue weighted by molar-refractivity contribution is 5.48. The number of hydrogen-bond acceptors (Lipinski definition) is 7. The number of hydrogen-bond donors (Lipinski definition) is 0. The Morgan fingerprint density at radius 3 is 2.12 bits per heavy atom. The van der Waals surface area contributed by atoms with Crippen molar-refractivity contribution in [2.45, 2.75) is 51.6 Å². The molecule has 7 nitrogen and oxygen atoms in total. The van der Waals surface area contributed by atoms with Crippen LogP contribution in [0, 0.1) is 6.92 Å². The summed E-state index contributed by atoms with van der Waals surface area (Å²) in [6, 6.07) is 18.4. The predicted octanol–water partition coefficient (Wildman–Crippen LogP) is 5.88. The lowest BCUT2D eigenvalue weighted by atomic mass is 9.78. The van der Waals surface area contributed by atoms with E-state index in [-0.39, 0.29) is 11.4 Å². The normalized spacial score (nSPS) is 14.0. The van der Waals surface area contributed by atoms with E-state index >= 15 is 0 Å². The molecule has 1 aliphatic carbocycles. The molecule has 0 saturated heterocycles. The zero-order valence-electron chi connectivity index (χ0n) is 19.0. The first-order chi connectivity index (χ1) is 16.0. The second kappa shape index (κ2) is 8.65. The van der Waals surface area contributed by atoms with Crippen LogP contribution in [0.25, 0.3) is 11.5 Å². The Hall–Kier alpha value is -3.74. The second-order valence-electron chi connectivity index (χ2n) is 8.81. The SMILES string of the molecule is Cc1nc(-c2ccnc(Oc3ccc(C(C)(C)c4ccc(OC5CCC5)cc4)cc3)n2)no1. The summed E-state index contributed by atoms with van der Waals surface area (Å²) in [7, 11) is 0. The molecule has 0 spiro atoms. The van der Waals surface area contributed by atoms with E-state index in [1.165, 1.54) is 17.5 Å². The van der Waals surface area contributed by atoms with E-state index in [1.807, 2.05) is 12.1 Å². The molecule has 1 saturated carbocycles. The molecule has 0 radical (unpaired) electrons. The maximum Gasteiger partial charge on any atom is 0.322 e. The summed E-state index contributed by atoms with van der Waals surface area (Å²) in [6.45, 7) is 6.16. The van der Waals surface area contributed by atoms with E-state index in [9.17, 15) is 0 Å². The molecule has 0 amide bonds. The number of rotatable bonds is 7. The van der Waals surface area contributed by atoms with E-state index in [1.54, 1.807) is 19.2 Å². The lowest BCUT2D eigenvalue weighted by molar-refractivity contribution is 0.120. The third kappa shape index (κ3) is 4.58. The minimum atomic E-state index is -0.166. The van der Waals surface area contributed by atoms with Crippen molar-refractivity contribution in [1.82, 2.24) is 20.1 Å². The lowest BCUT2D eigenvalue weighted by Gasteiger charge is -2.28. The number of aryl methyl sites for hydroxylation is 1. The average molecular weight is 443 g/mol. The first-order valence-electron chi connectivity index (χ1n) is 11.2. The van der Waals surface area contributed by atoms with Crippen LogP contribution < -0.4 is 9.47 Å². The van der Waals surface area contributed by atoms with E-state index in [0.717, 1.165) is 18.6 Å². The highest BCUT2D eigenvalue weighted by atomic mass is 16.5. The molecule has 0 aliphatic heterocycles. The fraction of sp³-hybridized carbons (Fsp3) is 0.308. The van der Waals surface area contributed by atoms with Crippen molar-refractivity contribution in [3.63, 3.8) is 0 Å². The van der Waals surface area contributed by atoms with Crippen molar-refractivity contribution < 1.29 is 14.0 Å². The second-order valence-corrected chi connectivity index (χ2v) is 8.81. The van der Waals surface area contributed by atoms with Gasteiger partial charge in [0.2, 0.25) is 11.7 Å². The molecule has 5 rings (SSSR count). The predicted molar refractivity (Wildman–Crippen MR) is 123 cm³/mol. The Kier molecular flexibility index (Phi) is 5.54. The molecular formula is C26H26N4O3. The molecule has 0 N–H and O–H groups in total. The Balaban J connectivity index is 1.28. The van der Waals surface area contributed by atoms with Gasteiger partial charge in [0.25, 0.3) is 0 Å². The Morgan fingerprint density at radius 2 is 1.55 bits per heavy atom. The van der Waals surface area contributed by atoms with Crippen LogP contribution in [0.15, 0.2) is 65.3 Å². The summed E-state index contributed by atoms with van der Waals surface area (Å²) in [6.07, 6.45) is 5.59. The molecule has 168 valence electrons. The van der Waals surface area contributed by atoms with Crippen LogP contribution in [0.4, 0.5) is 0 Å². The minimum Gasteiger partial charge on any atom is -0.490 e. The van der Waals surface area contributed by atoms with Gasteiger partial charge in [-0.15, -0.1) is 0 Å². The topological polar surface area (TPSA) is 83.2 Å². The number of ether oxygens (including phenoxy) is 2. The summed E-state index contributed by atoms with van der Waals surface area (Å²) in [5, 5.41) is 3.89. The fourth-order valence-electron chi connectivity index (χ4n) is 3.76. The highest BCUT2D eigenvalue weighted by Gasteiger charge is 2.24. The Labute approximate surface area is 192 Å². The highest BCUT2D eigenvalue weighted by Crippen LogP contribution is 2.34. The number of benzene rings is 2. The van der Waals surface area contributed by atoms with Gasteiger partial charge in [-0.3, -0.25) is 0 Å². The van der Waals surface area contributed by atoms with Crippen LogP contribution in [0.5, 0.6) is 17.5 Å². The molecule has 0 unspecified atom stereocenters. The average Bonchev–Trinajstić information content (AvgIpc) is 3.24. The maximum atomic E-state index is 5.99. The Morgan fingerprint density at radius 1 is 0.879 bits per heavy atom. The van der Waals surface area contributed by atoms with Gasteiger partial charge < -0.3 is 14.0 Å². The molecule has 2 heterocycles. The van der Waals surface area contributed by atoms with Gasteiger partial charge in [0.1, 0.15) is 17.2 Å². The van der Waals surface area contributed by atoms with Gasteiger partial charge in [-0.2, -0.15) is 9.97 Å². The van der Waals surface area contributed by atoms with E-state index in [0.29, 0.717) is 29.3 Å². The molecule has 4 aromatic rings. The van der Waals surface area contributed by atoms with Gasteiger partial charge in [-0.25, -0.2) is 4.98 Å². The van der Waals surface area contributed by atoms with Gasteiger partial charge in [-0.05, 0) is 60.7 Å². The summed E-state index contributed by atoms with van der Waals surface area (Å²) < 4.78 is 16.9. The molecule has 2 aromatic carbocycles. The molecule has 7 heteroatoms. The molecule has 2 aromatic heterocycles. The van der Waals surface area contributed by atoms with Crippen molar-refractivity contribution in [3.8, 4) is 29.0 Å². The summed E-state index contributed by atoms with van der Waals surface area (Å²) >= 11 is 0. The van der Waals surface area contributed by atoms with Crippen LogP contribution in [0.1, 0.15) is 50.1 Å². The van der Waals surface area contributed by atoms with Gasteiger partial charge in [-0.1, -0.05) is 43.3 Å². The summed E-state index contributed by atoms with van der Waals surface area (Å²) in [5.41, 5.74) is 2.78. The molecular weight excluding hydrogens is 416 g/mol. The van der Waals surface area contributed by atoms with Gasteiger partial charge in [0.15, 0.2) is 0 Å². The van der Waals surface area contributed by atoms with Crippen molar-refractivity contribution in [3.05, 3.63) is 77.8 Å². The van der Waals surface area contributed by atoms with Crippen molar-refractivity contribution in [2.75, 3.05) is 0 Å². The third-order valence-electron chi connectivity index (χ3n) is 6.11. The van der Waals surface area contributed by atoms with E-state index in [4.69, 9.17) is 14.0 Å². The zero-order chi connectivity index (χ0) is 22.8. The molecule has 1 fully saturated rings. The van der Waals surface area contributed by atoms with Gasteiger partial charge >= 0.3 is 6.01 Å². The fourth-order valence-corrected chi connectivity index (χ4v) is 3.76. The molecule has 33 heavy (non-hydrogen) atoms. The van der Waals surface area contributed by atoms with E-state index in [2.05, 4.69) is 70.4 Å². The van der Waals surface area contributed by atoms with Crippen LogP contribution in [0.3, 0.4) is 0 Å². The first kappa shape index (κ1) is 21.1. The van der Waals surface area contributed by atoms with Crippen LogP contribution in [-0.4, -0.2) is 26.2 Å². The van der Waals surface area contributed by atoms with Crippen LogP contribution in [-0.2, 0) is 5.41 Å². The van der Waals surface area contributed by atoms with Crippen LogP contribution >= 0.6 is 0 Å². The van der Waals surface area contributed by atoms with Crippen molar-refractivity contribution >= 4 is 0 Å². The molecule has 0 bridgehead atoms. The quantitative estimate of drug-likeness (QED) is 0.353. The van der Waals surface area contributed by atoms with Crippen LogP contribution in [0.2, 0.25) is 0 Å². The first-order valence-corrected chi connectivity index (χ1v) is 11.2. The zero-order valence-corrected chi connectivity index (χ0v) is 19.0. The molecule has 1 aliphatic rings. The minimum absolute atomic E-state index is 0.166. The standard InChI is InChI=1S/C26H26N4O3/c1-17-28-24(30-33-17)23-15-16-27-25(29-23)32-22-13-9-19(10-14-22)26(2,3)18-7-11-21(12-8-18)31-20-5-4-6-20/h7-16,20H,4-6H2,1-3H3. The summed E-state index contributed by atoms with van der Waals surface area (Å²) in [4.78, 5) is 12.8. The van der Waals surface area contributed by atoms with Crippen molar-refractivity contribution in [2.24, 2.45) is 0 Å². The number of aromatic nitrogens is 4. The van der Waals surface area contributed by atoms with E-state index < -0.39 is 0 Å². The maximum absolute atomic E-state index is 5.99. The lowest BCUT2D eigenvalue weighted by Crippen LogP contribution is -2.24. The van der Waals surface area contributed by atoms with Gasteiger partial charge in [0, 0.05) is 18.5 Å².